The van der Waals surface area contributed by atoms with Gasteiger partial charge in [-0.15, -0.1) is 11.3 Å². The normalized spacial score (nSPS) is 10.2. The zero-order valence-corrected chi connectivity index (χ0v) is 13.8. The van der Waals surface area contributed by atoms with Crippen molar-refractivity contribution in [3.05, 3.63) is 57.8 Å². The van der Waals surface area contributed by atoms with E-state index < -0.39 is 5.97 Å². The van der Waals surface area contributed by atoms with Gasteiger partial charge in [0.2, 0.25) is 0 Å². The minimum atomic E-state index is -0.877. The van der Waals surface area contributed by atoms with Crippen LogP contribution in [-0.4, -0.2) is 29.4 Å². The van der Waals surface area contributed by atoms with Crippen LogP contribution in [0.3, 0.4) is 0 Å². The molecule has 7 heteroatoms. The Morgan fingerprint density at radius 3 is 2.38 bits per heavy atom. The number of benzene rings is 1. The number of amides is 2. The summed E-state index contributed by atoms with van der Waals surface area (Å²) in [7, 11) is 0. The smallest absolute Gasteiger partial charge is 0.303 e. The summed E-state index contributed by atoms with van der Waals surface area (Å²) in [5, 5.41) is 15.9. The van der Waals surface area contributed by atoms with Gasteiger partial charge in [-0.2, -0.15) is 0 Å². The first kappa shape index (κ1) is 17.7. The quantitative estimate of drug-likeness (QED) is 0.639. The average molecular weight is 346 g/mol. The van der Waals surface area contributed by atoms with Crippen molar-refractivity contribution in [1.82, 2.24) is 10.6 Å². The molecule has 1 aromatic carbocycles. The Morgan fingerprint density at radius 1 is 1.00 bits per heavy atom. The van der Waals surface area contributed by atoms with Gasteiger partial charge in [-0.1, -0.05) is 18.2 Å². The molecule has 0 fully saturated rings. The number of rotatable bonds is 8. The Kier molecular flexibility index (Phi) is 6.51. The second kappa shape index (κ2) is 8.83. The van der Waals surface area contributed by atoms with Crippen molar-refractivity contribution in [1.29, 1.82) is 0 Å². The van der Waals surface area contributed by atoms with Crippen LogP contribution in [0, 0.1) is 0 Å². The lowest BCUT2D eigenvalue weighted by atomic mass is 10.1. The lowest BCUT2D eigenvalue weighted by Crippen LogP contribution is -2.25. The van der Waals surface area contributed by atoms with Crippen molar-refractivity contribution >= 4 is 29.1 Å². The Labute approximate surface area is 143 Å². The molecule has 1 heterocycles. The summed E-state index contributed by atoms with van der Waals surface area (Å²) in [6, 6.07) is 10.5. The minimum absolute atomic E-state index is 0.0309. The number of carbonyl (C=O) groups is 3. The number of nitrogens with one attached hydrogen (secondary N) is 2. The monoisotopic (exact) mass is 346 g/mol. The summed E-state index contributed by atoms with van der Waals surface area (Å²) in [6.07, 6.45) is 0.428. The molecule has 0 bridgehead atoms. The molecule has 0 atom stereocenters. The highest BCUT2D eigenvalue weighted by Crippen LogP contribution is 2.09. The van der Waals surface area contributed by atoms with Crippen LogP contribution in [0.2, 0.25) is 0 Å². The first-order valence-electron chi connectivity index (χ1n) is 7.47. The Balaban J connectivity index is 1.78. The number of aliphatic carboxylic acids is 1. The van der Waals surface area contributed by atoms with E-state index in [9.17, 15) is 14.4 Å². The van der Waals surface area contributed by atoms with Gasteiger partial charge >= 0.3 is 5.97 Å². The molecule has 0 spiro atoms. The molecule has 0 radical (unpaired) electrons. The largest absolute Gasteiger partial charge is 0.481 e. The Hall–Kier alpha value is -2.67. The van der Waals surface area contributed by atoms with E-state index >= 15 is 0 Å². The molecule has 0 saturated carbocycles. The van der Waals surface area contributed by atoms with Crippen molar-refractivity contribution in [2.24, 2.45) is 0 Å². The molecule has 3 N–H and O–H groups in total. The van der Waals surface area contributed by atoms with Crippen LogP contribution in [0.1, 0.15) is 38.4 Å². The van der Waals surface area contributed by atoms with Crippen molar-refractivity contribution in [2.75, 3.05) is 6.54 Å². The summed E-state index contributed by atoms with van der Waals surface area (Å²) in [4.78, 5) is 34.8. The van der Waals surface area contributed by atoms with E-state index in [1.54, 1.807) is 30.3 Å². The summed E-state index contributed by atoms with van der Waals surface area (Å²) >= 11 is 1.38. The van der Waals surface area contributed by atoms with Gasteiger partial charge in [-0.3, -0.25) is 14.4 Å². The highest BCUT2D eigenvalue weighted by atomic mass is 32.1. The second-order valence-electron chi connectivity index (χ2n) is 5.11. The number of carboxylic acids is 1. The van der Waals surface area contributed by atoms with Crippen molar-refractivity contribution in [2.45, 2.75) is 19.4 Å². The van der Waals surface area contributed by atoms with Gasteiger partial charge in [0, 0.05) is 25.1 Å². The lowest BCUT2D eigenvalue weighted by Gasteiger charge is -2.07. The zero-order valence-electron chi connectivity index (χ0n) is 13.0. The molecule has 0 aliphatic heterocycles. The molecular weight excluding hydrogens is 328 g/mol. The van der Waals surface area contributed by atoms with Crippen LogP contribution in [-0.2, 0) is 11.3 Å². The second-order valence-corrected chi connectivity index (χ2v) is 6.06. The molecule has 1 aromatic heterocycles. The van der Waals surface area contributed by atoms with Gasteiger partial charge in [0.05, 0.1) is 4.88 Å². The third-order valence-corrected chi connectivity index (χ3v) is 4.14. The molecule has 0 saturated heterocycles. The van der Waals surface area contributed by atoms with E-state index in [1.165, 1.54) is 11.3 Å². The van der Waals surface area contributed by atoms with Crippen LogP contribution in [0.5, 0.6) is 0 Å². The molecule has 2 amide bonds. The van der Waals surface area contributed by atoms with Gasteiger partial charge in [-0.25, -0.2) is 0 Å². The number of carbonyl (C=O) groups excluding carboxylic acids is 2. The van der Waals surface area contributed by atoms with E-state index in [4.69, 9.17) is 5.11 Å². The van der Waals surface area contributed by atoms with E-state index in [2.05, 4.69) is 10.6 Å². The average Bonchev–Trinajstić information content (AvgIpc) is 3.11. The van der Waals surface area contributed by atoms with Gasteiger partial charge in [-0.05, 0) is 35.6 Å². The maximum Gasteiger partial charge on any atom is 0.303 e. The first-order valence-corrected chi connectivity index (χ1v) is 8.35. The topological polar surface area (TPSA) is 95.5 Å². The molecule has 2 rings (SSSR count). The van der Waals surface area contributed by atoms with Gasteiger partial charge < -0.3 is 15.7 Å². The number of carboxylic acid groups (broad SMARTS) is 1. The molecule has 126 valence electrons. The lowest BCUT2D eigenvalue weighted by molar-refractivity contribution is -0.137. The molecule has 0 aliphatic carbocycles. The third kappa shape index (κ3) is 5.51. The standard InChI is InChI=1S/C17H18N2O4S/c20-15(21)4-1-9-18-16(22)13-7-5-12(6-8-13)11-19-17(23)14-3-2-10-24-14/h2-3,5-8,10H,1,4,9,11H2,(H,18,22)(H,19,23)(H,20,21). The maximum absolute atomic E-state index is 11.9. The predicted molar refractivity (Wildman–Crippen MR) is 91.1 cm³/mol. The summed E-state index contributed by atoms with van der Waals surface area (Å²) in [5.74, 6) is -1.24. The minimum Gasteiger partial charge on any atom is -0.481 e. The van der Waals surface area contributed by atoms with Crippen LogP contribution in [0.25, 0.3) is 0 Å². The van der Waals surface area contributed by atoms with Gasteiger partial charge in [0.15, 0.2) is 0 Å². The van der Waals surface area contributed by atoms with E-state index in [0.29, 0.717) is 30.0 Å². The summed E-state index contributed by atoms with van der Waals surface area (Å²) in [6.45, 7) is 0.709. The molecular formula is C17H18N2O4S. The fourth-order valence-electron chi connectivity index (χ4n) is 1.99. The highest BCUT2D eigenvalue weighted by Gasteiger charge is 2.07. The predicted octanol–water partition coefficient (Wildman–Crippen LogP) is 2.27. The van der Waals surface area contributed by atoms with Crippen LogP contribution >= 0.6 is 11.3 Å². The summed E-state index contributed by atoms with van der Waals surface area (Å²) in [5.41, 5.74) is 1.39. The van der Waals surface area contributed by atoms with E-state index in [0.717, 1.165) is 5.56 Å². The zero-order chi connectivity index (χ0) is 17.4. The fourth-order valence-corrected chi connectivity index (χ4v) is 2.63. The highest BCUT2D eigenvalue weighted by molar-refractivity contribution is 7.12. The number of hydrogen-bond donors (Lipinski definition) is 3. The van der Waals surface area contributed by atoms with E-state index in [-0.39, 0.29) is 18.2 Å². The van der Waals surface area contributed by atoms with Crippen LogP contribution in [0.4, 0.5) is 0 Å². The summed E-state index contributed by atoms with van der Waals surface area (Å²) < 4.78 is 0. The molecule has 6 nitrogen and oxygen atoms in total. The Bertz CT molecular complexity index is 696. The van der Waals surface area contributed by atoms with Crippen molar-refractivity contribution < 1.29 is 19.5 Å². The Morgan fingerprint density at radius 2 is 1.75 bits per heavy atom. The SMILES string of the molecule is O=C(O)CCCNC(=O)c1ccc(CNC(=O)c2cccs2)cc1. The van der Waals surface area contributed by atoms with Crippen LogP contribution < -0.4 is 10.6 Å². The third-order valence-electron chi connectivity index (χ3n) is 3.27. The van der Waals surface area contributed by atoms with Gasteiger partial charge in [0.25, 0.3) is 11.8 Å². The molecule has 2 aromatic rings. The molecule has 0 aliphatic rings. The van der Waals surface area contributed by atoms with Crippen molar-refractivity contribution in [3.63, 3.8) is 0 Å². The van der Waals surface area contributed by atoms with Gasteiger partial charge in [0.1, 0.15) is 0 Å². The maximum atomic E-state index is 11.9. The fraction of sp³-hybridized carbons (Fsp3) is 0.235. The van der Waals surface area contributed by atoms with E-state index in [1.807, 2.05) is 11.4 Å². The van der Waals surface area contributed by atoms with Crippen LogP contribution in [0.15, 0.2) is 41.8 Å². The number of thiophene rings is 1. The van der Waals surface area contributed by atoms with Crippen molar-refractivity contribution in [3.8, 4) is 0 Å². The molecule has 0 unspecified atom stereocenters. The number of hydrogen-bond acceptors (Lipinski definition) is 4. The molecule has 24 heavy (non-hydrogen) atoms. The first-order chi connectivity index (χ1) is 11.6.